The Kier molecular flexibility index (Phi) is 8.73. The number of hydrogen-bond donors (Lipinski definition) is 3. The van der Waals surface area contributed by atoms with Gasteiger partial charge >= 0.3 is 17.9 Å². The highest BCUT2D eigenvalue weighted by Crippen LogP contribution is 2.35. The van der Waals surface area contributed by atoms with E-state index in [-0.39, 0.29) is 17.1 Å². The van der Waals surface area contributed by atoms with Gasteiger partial charge in [-0.15, -0.1) is 0 Å². The molecule has 12 heteroatoms. The zero-order valence-electron chi connectivity index (χ0n) is 22.4. The largest absolute Gasteiger partial charge is 0.473 e. The molecule has 0 bridgehead atoms. The molecule has 1 unspecified atom stereocenters. The van der Waals surface area contributed by atoms with Crippen molar-refractivity contribution < 1.29 is 29.3 Å². The molecule has 0 spiro atoms. The number of carboxylic acid groups (broad SMARTS) is 2. The average Bonchev–Trinajstić information content (AvgIpc) is 3.36. The lowest BCUT2D eigenvalue weighted by Gasteiger charge is -2.23. The molecule has 4 N–H and O–H groups in total. The van der Waals surface area contributed by atoms with Crippen LogP contribution < -0.4 is 11.3 Å². The highest BCUT2D eigenvalue weighted by atomic mass is 35.5. The molecule has 0 fully saturated rings. The van der Waals surface area contributed by atoms with Gasteiger partial charge in [-0.3, -0.25) is 4.79 Å². The van der Waals surface area contributed by atoms with Crippen LogP contribution in [-0.4, -0.2) is 49.3 Å². The first-order valence-corrected chi connectivity index (χ1v) is 12.7. The molecule has 2 heterocycles. The summed E-state index contributed by atoms with van der Waals surface area (Å²) < 4.78 is 8.32. The van der Waals surface area contributed by atoms with E-state index in [1.165, 1.54) is 13.4 Å². The van der Waals surface area contributed by atoms with Crippen LogP contribution in [0.4, 0.5) is 5.82 Å². The maximum absolute atomic E-state index is 12.7. The number of methoxy groups -OCH3 is 1. The smallest absolute Gasteiger partial charge is 0.414 e. The summed E-state index contributed by atoms with van der Waals surface area (Å²) in [6.45, 7) is 0. The van der Waals surface area contributed by atoms with E-state index in [0.29, 0.717) is 5.02 Å². The number of rotatable bonds is 5. The fourth-order valence-electron chi connectivity index (χ4n) is 4.54. The van der Waals surface area contributed by atoms with Gasteiger partial charge in [0, 0.05) is 23.5 Å². The molecule has 214 valence electrons. The monoisotopic (exact) mass is 588 g/mol. The number of carboxylic acids is 2. The number of carbonyl (C=O) groups is 3. The third-order valence-corrected chi connectivity index (χ3v) is 6.77. The molecule has 0 aliphatic heterocycles. The van der Waals surface area contributed by atoms with Gasteiger partial charge in [0.2, 0.25) is 0 Å². The van der Waals surface area contributed by atoms with Gasteiger partial charge in [0.25, 0.3) is 5.56 Å². The van der Waals surface area contributed by atoms with Gasteiger partial charge in [0.15, 0.2) is 11.5 Å². The van der Waals surface area contributed by atoms with Crippen molar-refractivity contribution in [1.29, 1.82) is 0 Å². The van der Waals surface area contributed by atoms with Gasteiger partial charge in [-0.25, -0.2) is 19.4 Å². The van der Waals surface area contributed by atoms with E-state index in [2.05, 4.69) is 4.98 Å². The molecule has 1 atom stereocenters. The molecule has 0 amide bonds. The lowest BCUT2D eigenvalue weighted by molar-refractivity contribution is -0.159. The van der Waals surface area contributed by atoms with E-state index in [1.807, 2.05) is 60.7 Å². The number of pyridine rings is 1. The van der Waals surface area contributed by atoms with Crippen molar-refractivity contribution in [3.05, 3.63) is 117 Å². The first kappa shape index (κ1) is 29.6. The summed E-state index contributed by atoms with van der Waals surface area (Å²) in [5, 5.41) is 16.3. The zero-order chi connectivity index (χ0) is 30.6. The summed E-state index contributed by atoms with van der Waals surface area (Å²) in [5.74, 6) is -4.16. The van der Waals surface area contributed by atoms with Crippen molar-refractivity contribution in [2.24, 2.45) is 7.05 Å². The maximum Gasteiger partial charge on any atom is 0.414 e. The number of hydrogen-bond acceptors (Lipinski definition) is 7. The molecule has 0 saturated heterocycles. The summed E-state index contributed by atoms with van der Waals surface area (Å²) >= 11 is 6.17. The van der Waals surface area contributed by atoms with Gasteiger partial charge in [-0.2, -0.15) is 0 Å². The quantitative estimate of drug-likeness (QED) is 0.201. The second kappa shape index (κ2) is 12.4. The Balaban J connectivity index is 0.000000612. The number of halogens is 1. The van der Waals surface area contributed by atoms with E-state index in [1.54, 1.807) is 34.4 Å². The second-order valence-corrected chi connectivity index (χ2v) is 9.48. The first-order valence-electron chi connectivity index (χ1n) is 12.3. The molecule has 0 aliphatic rings. The van der Waals surface area contributed by atoms with Crippen LogP contribution in [0.2, 0.25) is 5.02 Å². The van der Waals surface area contributed by atoms with Gasteiger partial charge in [-0.1, -0.05) is 60.1 Å². The normalized spacial score (nSPS) is 11.3. The van der Waals surface area contributed by atoms with Crippen molar-refractivity contribution in [3.63, 3.8) is 0 Å². The van der Waals surface area contributed by atoms with Crippen molar-refractivity contribution in [2.45, 2.75) is 6.04 Å². The van der Waals surface area contributed by atoms with E-state index < -0.39 is 23.9 Å². The number of aromatic nitrogens is 3. The summed E-state index contributed by atoms with van der Waals surface area (Å²) in [6.07, 6.45) is 1.53. The molecule has 5 aromatic rings. The van der Waals surface area contributed by atoms with Crippen molar-refractivity contribution in [1.82, 2.24) is 14.1 Å². The van der Waals surface area contributed by atoms with Crippen LogP contribution in [0.3, 0.4) is 0 Å². The molecule has 0 saturated carbocycles. The Labute approximate surface area is 244 Å². The van der Waals surface area contributed by atoms with Gasteiger partial charge in [-0.05, 0) is 46.5 Å². The van der Waals surface area contributed by atoms with Gasteiger partial charge in [0.1, 0.15) is 0 Å². The number of ether oxygens (including phenoxy) is 1. The third kappa shape index (κ3) is 6.01. The molecule has 11 nitrogen and oxygen atoms in total. The van der Waals surface area contributed by atoms with Gasteiger partial charge in [0.05, 0.1) is 25.0 Å². The van der Waals surface area contributed by atoms with Crippen molar-refractivity contribution in [2.75, 3.05) is 12.8 Å². The minimum Gasteiger partial charge on any atom is -0.473 e. The fraction of sp³-hybridized carbons (Fsp3) is 0.100. The maximum atomic E-state index is 12.7. The minimum absolute atomic E-state index is 0.0778. The summed E-state index contributed by atoms with van der Waals surface area (Å²) in [4.78, 5) is 47.8. The number of fused-ring (bicyclic) bond motifs is 1. The molecule has 3 aromatic carbocycles. The van der Waals surface area contributed by atoms with E-state index in [9.17, 15) is 9.59 Å². The fourth-order valence-corrected chi connectivity index (χ4v) is 4.67. The highest BCUT2D eigenvalue weighted by molar-refractivity contribution is 6.30. The minimum atomic E-state index is -1.82. The standard InChI is InChI=1S/C28H23ClN4O3.C2H2O4/c1-32-23-13-10-19(14-22(23)21(15-24(32)34)17-6-4-3-5-7-17)25(18-8-11-20(29)12-9-18)33-16-31-27(30)26(33)28(35)36-2;3-1(4)2(5)6/h3-16,25H,30H2,1-2H3;(H,3,4)(H,5,6). The molecule has 5 rings (SSSR count). The third-order valence-electron chi connectivity index (χ3n) is 6.52. The SMILES string of the molecule is COC(=O)c1c(N)ncn1C(c1ccc(Cl)cc1)c1ccc2c(c1)c(-c1ccccc1)cc(=O)n2C.O=C(O)C(=O)O. The molecule has 2 aromatic heterocycles. The second-order valence-electron chi connectivity index (χ2n) is 9.04. The highest BCUT2D eigenvalue weighted by Gasteiger charge is 2.26. The molecule has 0 aliphatic carbocycles. The van der Waals surface area contributed by atoms with Crippen LogP contribution in [0.1, 0.15) is 27.7 Å². The topological polar surface area (TPSA) is 167 Å². The number of imidazole rings is 1. The lowest BCUT2D eigenvalue weighted by Crippen LogP contribution is -2.20. The number of nitrogen functional groups attached to an aromatic ring is 1. The van der Waals surface area contributed by atoms with Crippen LogP contribution in [0.25, 0.3) is 22.0 Å². The number of aliphatic carboxylic acids is 2. The number of nitrogens with zero attached hydrogens (tertiary/aromatic N) is 3. The van der Waals surface area contributed by atoms with Crippen LogP contribution >= 0.6 is 11.6 Å². The Hall–Kier alpha value is -5.42. The zero-order valence-corrected chi connectivity index (χ0v) is 23.1. The average molecular weight is 589 g/mol. The Morgan fingerprint density at radius 1 is 0.929 bits per heavy atom. The predicted molar refractivity (Wildman–Crippen MR) is 157 cm³/mol. The van der Waals surface area contributed by atoms with Crippen molar-refractivity contribution in [3.8, 4) is 11.1 Å². The number of nitrogens with two attached hydrogens (primary N) is 1. The molecular formula is C30H25ClN4O7. The first-order chi connectivity index (χ1) is 20.0. The van der Waals surface area contributed by atoms with Gasteiger partial charge < -0.3 is 29.8 Å². The number of carbonyl (C=O) groups excluding carboxylic acids is 1. The Bertz CT molecular complexity index is 1840. The lowest BCUT2D eigenvalue weighted by atomic mass is 9.94. The van der Waals surface area contributed by atoms with E-state index in [4.69, 9.17) is 41.9 Å². The number of esters is 1. The number of anilines is 1. The summed E-state index contributed by atoms with van der Waals surface area (Å²) in [7, 11) is 3.06. The molecule has 0 radical (unpaired) electrons. The number of aryl methyl sites for hydroxylation is 1. The molecule has 42 heavy (non-hydrogen) atoms. The Morgan fingerprint density at radius 2 is 1.55 bits per heavy atom. The van der Waals surface area contributed by atoms with Crippen molar-refractivity contribution >= 4 is 46.2 Å². The predicted octanol–water partition coefficient (Wildman–Crippen LogP) is 4.22. The van der Waals surface area contributed by atoms with E-state index >= 15 is 0 Å². The van der Waals surface area contributed by atoms with Crippen LogP contribution in [-0.2, 0) is 21.4 Å². The van der Waals surface area contributed by atoms with E-state index in [0.717, 1.165) is 33.2 Å². The van der Waals surface area contributed by atoms with Crippen LogP contribution in [0, 0.1) is 0 Å². The Morgan fingerprint density at radius 3 is 2.14 bits per heavy atom. The summed E-state index contributed by atoms with van der Waals surface area (Å²) in [5.41, 5.74) is 10.4. The molecular weight excluding hydrogens is 564 g/mol. The van der Waals surface area contributed by atoms with Crippen LogP contribution in [0.15, 0.2) is 90.0 Å². The summed E-state index contributed by atoms with van der Waals surface area (Å²) in [6, 6.07) is 24.2. The van der Waals surface area contributed by atoms with Crippen LogP contribution in [0.5, 0.6) is 0 Å². The number of benzene rings is 3.